The summed E-state index contributed by atoms with van der Waals surface area (Å²) >= 11 is 5.73. The molecule has 0 aromatic heterocycles. The molecule has 2 rings (SSSR count). The van der Waals surface area contributed by atoms with Crippen molar-refractivity contribution in [3.63, 3.8) is 0 Å². The van der Waals surface area contributed by atoms with E-state index in [1.165, 1.54) is 11.0 Å². The summed E-state index contributed by atoms with van der Waals surface area (Å²) in [5.74, 6) is 0.250. The molecule has 1 atom stereocenters. The van der Waals surface area contributed by atoms with Crippen LogP contribution in [0.3, 0.4) is 0 Å². The van der Waals surface area contributed by atoms with Gasteiger partial charge in [0.2, 0.25) is 5.91 Å². The number of hydrogen-bond donors (Lipinski definition) is 0. The number of carbonyl (C=O) groups is 1. The molecule has 0 spiro atoms. The second-order valence-electron chi connectivity index (χ2n) is 4.60. The minimum Gasteiger partial charge on any atom is -0.482 e. The van der Waals surface area contributed by atoms with E-state index in [2.05, 4.69) is 0 Å². The summed E-state index contributed by atoms with van der Waals surface area (Å²) in [6, 6.07) is 6.20. The third-order valence-electron chi connectivity index (χ3n) is 2.97. The first-order valence-electron chi connectivity index (χ1n) is 6.05. The lowest BCUT2D eigenvalue weighted by atomic mass is 10.1. The van der Waals surface area contributed by atoms with Gasteiger partial charge in [0.05, 0.1) is 5.69 Å². The Labute approximate surface area is 119 Å². The van der Waals surface area contributed by atoms with Crippen molar-refractivity contribution in [1.82, 2.24) is 0 Å². The highest BCUT2D eigenvalue weighted by atomic mass is 35.5. The van der Waals surface area contributed by atoms with Crippen LogP contribution < -0.4 is 9.64 Å². The largest absolute Gasteiger partial charge is 0.482 e. The normalized spacial score (nSPS) is 19.5. The van der Waals surface area contributed by atoms with E-state index in [4.69, 9.17) is 16.3 Å². The van der Waals surface area contributed by atoms with Crippen molar-refractivity contribution >= 4 is 23.2 Å². The number of para-hydroxylation sites is 2. The van der Waals surface area contributed by atoms with Gasteiger partial charge >= 0.3 is 6.18 Å². The van der Waals surface area contributed by atoms with Crippen molar-refractivity contribution in [2.45, 2.75) is 12.6 Å². The molecule has 1 unspecified atom stereocenters. The van der Waals surface area contributed by atoms with Gasteiger partial charge in [-0.25, -0.2) is 0 Å². The highest BCUT2D eigenvalue weighted by Gasteiger charge is 2.33. The fraction of sp³-hybridized carbons (Fsp3) is 0.462. The van der Waals surface area contributed by atoms with Crippen molar-refractivity contribution in [2.75, 3.05) is 23.9 Å². The molecule has 110 valence electrons. The third-order valence-corrected chi connectivity index (χ3v) is 3.41. The van der Waals surface area contributed by atoms with Crippen LogP contribution in [0, 0.1) is 5.92 Å². The molecule has 0 aliphatic carbocycles. The molecule has 1 aliphatic heterocycles. The maximum Gasteiger partial charge on any atom is 0.422 e. The van der Waals surface area contributed by atoms with Gasteiger partial charge in [-0.05, 0) is 18.1 Å². The molecule has 1 amide bonds. The lowest BCUT2D eigenvalue weighted by Gasteiger charge is -2.20. The van der Waals surface area contributed by atoms with E-state index >= 15 is 0 Å². The van der Waals surface area contributed by atoms with Gasteiger partial charge in [-0.3, -0.25) is 4.79 Å². The highest BCUT2D eigenvalue weighted by Crippen LogP contribution is 2.34. The SMILES string of the molecule is O=C1CC(CCl)CN1c1ccccc1OCC(F)(F)F. The van der Waals surface area contributed by atoms with E-state index in [1.54, 1.807) is 18.2 Å². The first-order chi connectivity index (χ1) is 9.40. The fourth-order valence-corrected chi connectivity index (χ4v) is 2.29. The van der Waals surface area contributed by atoms with E-state index in [-0.39, 0.29) is 17.6 Å². The average molecular weight is 308 g/mol. The zero-order chi connectivity index (χ0) is 14.8. The molecule has 0 saturated carbocycles. The Kier molecular flexibility index (Phi) is 4.42. The third kappa shape index (κ3) is 3.56. The zero-order valence-corrected chi connectivity index (χ0v) is 11.2. The monoisotopic (exact) mass is 307 g/mol. The maximum atomic E-state index is 12.2. The number of anilines is 1. The van der Waals surface area contributed by atoms with Gasteiger partial charge in [0.25, 0.3) is 0 Å². The standard InChI is InChI=1S/C13H13ClF3NO2/c14-6-9-5-12(19)18(7-9)10-3-1-2-4-11(10)20-8-13(15,16)17/h1-4,9H,5-8H2. The molecule has 1 heterocycles. The Morgan fingerprint density at radius 2 is 2.05 bits per heavy atom. The van der Waals surface area contributed by atoms with Crippen LogP contribution >= 0.6 is 11.6 Å². The second kappa shape index (κ2) is 5.91. The molecular formula is C13H13ClF3NO2. The lowest BCUT2D eigenvalue weighted by Crippen LogP contribution is -2.26. The molecular weight excluding hydrogens is 295 g/mol. The number of hydrogen-bond acceptors (Lipinski definition) is 2. The first kappa shape index (κ1) is 15.0. The summed E-state index contributed by atoms with van der Waals surface area (Å²) < 4.78 is 41.4. The Hall–Kier alpha value is -1.43. The van der Waals surface area contributed by atoms with Crippen LogP contribution in [0.15, 0.2) is 24.3 Å². The number of rotatable bonds is 4. The molecule has 3 nitrogen and oxygen atoms in total. The van der Waals surface area contributed by atoms with Gasteiger partial charge in [0.1, 0.15) is 5.75 Å². The van der Waals surface area contributed by atoms with Crippen molar-refractivity contribution < 1.29 is 22.7 Å². The number of halogens is 4. The van der Waals surface area contributed by atoms with Gasteiger partial charge in [-0.2, -0.15) is 13.2 Å². The number of nitrogens with zero attached hydrogens (tertiary/aromatic N) is 1. The second-order valence-corrected chi connectivity index (χ2v) is 4.91. The predicted octanol–water partition coefficient (Wildman–Crippen LogP) is 3.22. The summed E-state index contributed by atoms with van der Waals surface area (Å²) in [6.07, 6.45) is -4.11. The zero-order valence-electron chi connectivity index (χ0n) is 10.5. The predicted molar refractivity (Wildman–Crippen MR) is 69.2 cm³/mol. The number of benzene rings is 1. The van der Waals surface area contributed by atoms with Gasteiger partial charge in [-0.15, -0.1) is 11.6 Å². The smallest absolute Gasteiger partial charge is 0.422 e. The van der Waals surface area contributed by atoms with E-state index in [1.807, 2.05) is 0 Å². The Bertz CT molecular complexity index is 493. The van der Waals surface area contributed by atoms with Crippen LogP contribution in [0.1, 0.15) is 6.42 Å². The molecule has 20 heavy (non-hydrogen) atoms. The minimum atomic E-state index is -4.42. The van der Waals surface area contributed by atoms with Crippen LogP contribution in [0.25, 0.3) is 0 Å². The van der Waals surface area contributed by atoms with E-state index in [0.717, 1.165) is 0 Å². The number of carbonyl (C=O) groups excluding carboxylic acids is 1. The summed E-state index contributed by atoms with van der Waals surface area (Å²) in [6.45, 7) is -0.986. The van der Waals surface area contributed by atoms with Gasteiger partial charge in [-0.1, -0.05) is 12.1 Å². The number of amides is 1. The van der Waals surface area contributed by atoms with Crippen LogP contribution in [0.5, 0.6) is 5.75 Å². The van der Waals surface area contributed by atoms with Crippen molar-refractivity contribution in [1.29, 1.82) is 0 Å². The molecule has 1 fully saturated rings. The quantitative estimate of drug-likeness (QED) is 0.799. The number of ether oxygens (including phenoxy) is 1. The van der Waals surface area contributed by atoms with Crippen LogP contribution in [-0.4, -0.2) is 31.1 Å². The molecule has 7 heteroatoms. The average Bonchev–Trinajstić information content (AvgIpc) is 2.77. The van der Waals surface area contributed by atoms with Gasteiger partial charge in [0.15, 0.2) is 6.61 Å². The molecule has 0 radical (unpaired) electrons. The topological polar surface area (TPSA) is 29.5 Å². The molecule has 1 aromatic rings. The fourth-order valence-electron chi connectivity index (χ4n) is 2.08. The molecule has 1 aromatic carbocycles. The van der Waals surface area contributed by atoms with Crippen LogP contribution in [-0.2, 0) is 4.79 Å². The van der Waals surface area contributed by atoms with Crippen molar-refractivity contribution in [2.24, 2.45) is 5.92 Å². The van der Waals surface area contributed by atoms with Gasteiger partial charge < -0.3 is 9.64 Å². The van der Waals surface area contributed by atoms with Crippen LogP contribution in [0.2, 0.25) is 0 Å². The van der Waals surface area contributed by atoms with E-state index in [9.17, 15) is 18.0 Å². The summed E-state index contributed by atoms with van der Waals surface area (Å²) in [4.78, 5) is 13.3. The molecule has 0 N–H and O–H groups in total. The highest BCUT2D eigenvalue weighted by molar-refractivity contribution is 6.18. The summed E-state index contributed by atoms with van der Waals surface area (Å²) in [7, 11) is 0. The van der Waals surface area contributed by atoms with Crippen molar-refractivity contribution in [3.8, 4) is 5.75 Å². The van der Waals surface area contributed by atoms with Crippen LogP contribution in [0.4, 0.5) is 18.9 Å². The van der Waals surface area contributed by atoms with Gasteiger partial charge in [0, 0.05) is 18.8 Å². The lowest BCUT2D eigenvalue weighted by molar-refractivity contribution is -0.153. The molecule has 1 saturated heterocycles. The minimum absolute atomic E-state index is 0.0137. The Morgan fingerprint density at radius 3 is 2.65 bits per heavy atom. The maximum absolute atomic E-state index is 12.2. The first-order valence-corrected chi connectivity index (χ1v) is 6.59. The summed E-state index contributed by atoms with van der Waals surface area (Å²) in [5.41, 5.74) is 0.356. The summed E-state index contributed by atoms with van der Waals surface area (Å²) in [5, 5.41) is 0. The molecule has 1 aliphatic rings. The Balaban J connectivity index is 2.18. The van der Waals surface area contributed by atoms with E-state index < -0.39 is 12.8 Å². The van der Waals surface area contributed by atoms with Crippen molar-refractivity contribution in [3.05, 3.63) is 24.3 Å². The number of alkyl halides is 4. The Morgan fingerprint density at radius 1 is 1.35 bits per heavy atom. The molecule has 0 bridgehead atoms. The van der Waals surface area contributed by atoms with E-state index in [0.29, 0.717) is 24.5 Å².